The fourth-order valence-corrected chi connectivity index (χ4v) is 3.79. The van der Waals surface area contributed by atoms with Crippen molar-refractivity contribution in [1.29, 1.82) is 0 Å². The number of nitrogens with zero attached hydrogens (tertiary/aromatic N) is 2. The maximum absolute atomic E-state index is 12.9. The van der Waals surface area contributed by atoms with Crippen LogP contribution in [0.3, 0.4) is 0 Å². The van der Waals surface area contributed by atoms with Crippen molar-refractivity contribution in [2.24, 2.45) is 5.92 Å². The summed E-state index contributed by atoms with van der Waals surface area (Å²) in [6.45, 7) is 6.07. The van der Waals surface area contributed by atoms with Crippen LogP contribution in [-0.4, -0.2) is 55.0 Å². The van der Waals surface area contributed by atoms with Gasteiger partial charge >= 0.3 is 5.97 Å². The van der Waals surface area contributed by atoms with Gasteiger partial charge in [0, 0.05) is 0 Å². The number of benzene rings is 1. The SMILES string of the molecule is CCCOc1ccc(N2C(=O)C[C@H](N3CCC(C(=O)OCC)CC3)C2=O)cc1. The number of hydrogen-bond acceptors (Lipinski definition) is 6. The summed E-state index contributed by atoms with van der Waals surface area (Å²) in [5.41, 5.74) is 0.572. The lowest BCUT2D eigenvalue weighted by Crippen LogP contribution is -2.47. The Kier molecular flexibility index (Phi) is 6.67. The zero-order chi connectivity index (χ0) is 20.1. The van der Waals surface area contributed by atoms with Gasteiger partial charge in [-0.1, -0.05) is 6.92 Å². The quantitative estimate of drug-likeness (QED) is 0.527. The number of carbonyl (C=O) groups excluding carboxylic acids is 3. The van der Waals surface area contributed by atoms with E-state index in [1.54, 1.807) is 31.2 Å². The van der Waals surface area contributed by atoms with Gasteiger partial charge in [-0.25, -0.2) is 4.90 Å². The molecule has 1 aromatic carbocycles. The van der Waals surface area contributed by atoms with Crippen LogP contribution in [0.1, 0.15) is 39.5 Å². The molecule has 1 aromatic rings. The van der Waals surface area contributed by atoms with E-state index in [1.165, 1.54) is 4.90 Å². The highest BCUT2D eigenvalue weighted by atomic mass is 16.5. The largest absolute Gasteiger partial charge is 0.494 e. The Balaban J connectivity index is 1.62. The van der Waals surface area contributed by atoms with Crippen LogP contribution in [-0.2, 0) is 19.1 Å². The standard InChI is InChI=1S/C21H28N2O5/c1-3-13-28-17-7-5-16(6-8-17)23-19(24)14-18(20(23)25)22-11-9-15(10-12-22)21(26)27-4-2/h5-8,15,18H,3-4,9-14H2,1-2H3/t18-/m0/s1. The second kappa shape index (κ2) is 9.19. The van der Waals surface area contributed by atoms with Gasteiger partial charge in [0.25, 0.3) is 5.91 Å². The van der Waals surface area contributed by atoms with E-state index in [-0.39, 0.29) is 30.1 Å². The van der Waals surface area contributed by atoms with Crippen molar-refractivity contribution >= 4 is 23.5 Å². The Morgan fingerprint density at radius 1 is 1.11 bits per heavy atom. The summed E-state index contributed by atoms with van der Waals surface area (Å²) in [7, 11) is 0. The number of anilines is 1. The van der Waals surface area contributed by atoms with Crippen LogP contribution in [0.5, 0.6) is 5.75 Å². The Morgan fingerprint density at radius 3 is 2.39 bits per heavy atom. The molecule has 0 bridgehead atoms. The van der Waals surface area contributed by atoms with E-state index in [4.69, 9.17) is 9.47 Å². The number of rotatable bonds is 7. The van der Waals surface area contributed by atoms with Crippen molar-refractivity contribution in [3.63, 3.8) is 0 Å². The second-order valence-electron chi connectivity index (χ2n) is 7.19. The predicted octanol–water partition coefficient (Wildman–Crippen LogP) is 2.38. The molecule has 2 heterocycles. The van der Waals surface area contributed by atoms with Crippen molar-refractivity contribution in [2.45, 2.75) is 45.6 Å². The van der Waals surface area contributed by atoms with Crippen molar-refractivity contribution in [1.82, 2.24) is 4.90 Å². The van der Waals surface area contributed by atoms with E-state index in [1.807, 2.05) is 11.8 Å². The zero-order valence-electron chi connectivity index (χ0n) is 16.6. The minimum Gasteiger partial charge on any atom is -0.494 e. The van der Waals surface area contributed by atoms with Crippen LogP contribution in [0.15, 0.2) is 24.3 Å². The fraction of sp³-hybridized carbons (Fsp3) is 0.571. The molecule has 2 aliphatic heterocycles. The smallest absolute Gasteiger partial charge is 0.309 e. The van der Waals surface area contributed by atoms with Gasteiger partial charge in [0.15, 0.2) is 0 Å². The van der Waals surface area contributed by atoms with Crippen LogP contribution in [0.25, 0.3) is 0 Å². The van der Waals surface area contributed by atoms with E-state index in [0.717, 1.165) is 12.2 Å². The molecule has 7 nitrogen and oxygen atoms in total. The summed E-state index contributed by atoms with van der Waals surface area (Å²) in [6, 6.07) is 6.60. The first-order valence-electron chi connectivity index (χ1n) is 10.1. The van der Waals surface area contributed by atoms with Gasteiger partial charge in [-0.05, 0) is 63.5 Å². The van der Waals surface area contributed by atoms with Crippen molar-refractivity contribution in [3.8, 4) is 5.75 Å². The summed E-state index contributed by atoms with van der Waals surface area (Å²) in [6.07, 6.45) is 2.40. The molecule has 1 atom stereocenters. The average molecular weight is 388 g/mol. The predicted molar refractivity (Wildman–Crippen MR) is 104 cm³/mol. The van der Waals surface area contributed by atoms with Gasteiger partial charge in [0.1, 0.15) is 5.75 Å². The molecule has 0 aromatic heterocycles. The molecule has 2 aliphatic rings. The lowest BCUT2D eigenvalue weighted by atomic mass is 9.95. The molecule has 0 radical (unpaired) electrons. The van der Waals surface area contributed by atoms with Crippen LogP contribution in [0.4, 0.5) is 5.69 Å². The lowest BCUT2D eigenvalue weighted by Gasteiger charge is -2.33. The summed E-state index contributed by atoms with van der Waals surface area (Å²) < 4.78 is 10.6. The number of esters is 1. The highest BCUT2D eigenvalue weighted by molar-refractivity contribution is 6.22. The third-order valence-corrected chi connectivity index (χ3v) is 5.28. The monoisotopic (exact) mass is 388 g/mol. The topological polar surface area (TPSA) is 76.2 Å². The van der Waals surface area contributed by atoms with E-state index in [0.29, 0.717) is 44.8 Å². The van der Waals surface area contributed by atoms with Gasteiger partial charge in [-0.15, -0.1) is 0 Å². The number of carbonyl (C=O) groups is 3. The summed E-state index contributed by atoms with van der Waals surface area (Å²) >= 11 is 0. The molecule has 0 N–H and O–H groups in total. The van der Waals surface area contributed by atoms with Crippen molar-refractivity contribution in [3.05, 3.63) is 24.3 Å². The highest BCUT2D eigenvalue weighted by Crippen LogP contribution is 2.30. The Hall–Kier alpha value is -2.41. The molecular weight excluding hydrogens is 360 g/mol. The van der Waals surface area contributed by atoms with Crippen molar-refractivity contribution < 1.29 is 23.9 Å². The van der Waals surface area contributed by atoms with E-state index >= 15 is 0 Å². The third kappa shape index (κ3) is 4.35. The molecule has 2 amide bonds. The average Bonchev–Trinajstić information content (AvgIpc) is 3.01. The number of likely N-dealkylation sites (tertiary alicyclic amines) is 1. The van der Waals surface area contributed by atoms with Crippen molar-refractivity contribution in [2.75, 3.05) is 31.2 Å². The number of hydrogen-bond donors (Lipinski definition) is 0. The first kappa shape index (κ1) is 20.3. The minimum atomic E-state index is -0.452. The molecule has 0 unspecified atom stereocenters. The Morgan fingerprint density at radius 2 is 1.79 bits per heavy atom. The van der Waals surface area contributed by atoms with Gasteiger partial charge in [-0.2, -0.15) is 0 Å². The molecule has 0 aliphatic carbocycles. The van der Waals surface area contributed by atoms with Gasteiger partial charge in [-0.3, -0.25) is 19.3 Å². The number of imide groups is 1. The van der Waals surface area contributed by atoms with E-state index < -0.39 is 6.04 Å². The van der Waals surface area contributed by atoms with Crippen LogP contribution < -0.4 is 9.64 Å². The molecule has 152 valence electrons. The maximum atomic E-state index is 12.9. The number of amides is 2. The van der Waals surface area contributed by atoms with Crippen LogP contribution in [0.2, 0.25) is 0 Å². The zero-order valence-corrected chi connectivity index (χ0v) is 16.6. The van der Waals surface area contributed by atoms with Crippen LogP contribution >= 0.6 is 0 Å². The molecule has 7 heteroatoms. The molecule has 2 fully saturated rings. The number of ether oxygens (including phenoxy) is 2. The van der Waals surface area contributed by atoms with E-state index in [9.17, 15) is 14.4 Å². The van der Waals surface area contributed by atoms with Gasteiger partial charge in [0.2, 0.25) is 5.91 Å². The summed E-state index contributed by atoms with van der Waals surface area (Å²) in [5, 5.41) is 0. The normalized spacial score (nSPS) is 21.2. The van der Waals surface area contributed by atoms with E-state index in [2.05, 4.69) is 0 Å². The second-order valence-corrected chi connectivity index (χ2v) is 7.19. The summed E-state index contributed by atoms with van der Waals surface area (Å²) in [5.74, 6) is 0.0620. The maximum Gasteiger partial charge on any atom is 0.309 e. The highest BCUT2D eigenvalue weighted by Gasteiger charge is 2.44. The molecule has 0 saturated carbocycles. The van der Waals surface area contributed by atoms with Crippen LogP contribution in [0, 0.1) is 5.92 Å². The third-order valence-electron chi connectivity index (χ3n) is 5.28. The number of piperidine rings is 1. The molecular formula is C21H28N2O5. The lowest BCUT2D eigenvalue weighted by molar-refractivity contribution is -0.149. The minimum absolute atomic E-state index is 0.116. The molecule has 2 saturated heterocycles. The molecule has 0 spiro atoms. The first-order chi connectivity index (χ1) is 13.5. The Bertz CT molecular complexity index is 710. The summed E-state index contributed by atoms with van der Waals surface area (Å²) in [4.78, 5) is 40.6. The Labute approximate surface area is 165 Å². The molecule has 28 heavy (non-hydrogen) atoms. The van der Waals surface area contributed by atoms with Gasteiger partial charge in [0.05, 0.1) is 37.3 Å². The van der Waals surface area contributed by atoms with Gasteiger partial charge < -0.3 is 9.47 Å². The fourth-order valence-electron chi connectivity index (χ4n) is 3.79. The first-order valence-corrected chi connectivity index (χ1v) is 10.1. The molecule has 3 rings (SSSR count).